The average molecular weight is 363 g/mol. The molecule has 0 saturated heterocycles. The lowest BCUT2D eigenvalue weighted by Gasteiger charge is -2.12. The number of anilines is 2. The van der Waals surface area contributed by atoms with E-state index < -0.39 is 0 Å². The fourth-order valence-electron chi connectivity index (χ4n) is 2.31. The summed E-state index contributed by atoms with van der Waals surface area (Å²) in [6.45, 7) is 4.58. The van der Waals surface area contributed by atoms with Gasteiger partial charge in [-0.1, -0.05) is 31.4 Å². The smallest absolute Gasteiger partial charge is 0.270 e. The Morgan fingerprint density at radius 2 is 2.04 bits per heavy atom. The van der Waals surface area contributed by atoms with E-state index in [1.807, 2.05) is 6.92 Å². The Kier molecular flexibility index (Phi) is 7.01. The minimum Gasteiger partial charge on any atom is -0.495 e. The Morgan fingerprint density at radius 1 is 1.24 bits per heavy atom. The van der Waals surface area contributed by atoms with Gasteiger partial charge in [0.1, 0.15) is 11.4 Å². The van der Waals surface area contributed by atoms with Crippen molar-refractivity contribution in [2.24, 2.45) is 0 Å². The van der Waals surface area contributed by atoms with Crippen molar-refractivity contribution in [3.63, 3.8) is 0 Å². The summed E-state index contributed by atoms with van der Waals surface area (Å²) in [4.78, 5) is 20.9. The third-order valence-electron chi connectivity index (χ3n) is 3.56. The van der Waals surface area contributed by atoms with E-state index in [2.05, 4.69) is 27.5 Å². The molecule has 1 heterocycles. The second-order valence-electron chi connectivity index (χ2n) is 5.65. The minimum atomic E-state index is -0.206. The van der Waals surface area contributed by atoms with Crippen LogP contribution in [0.25, 0.3) is 0 Å². The van der Waals surface area contributed by atoms with Crippen LogP contribution in [0.3, 0.4) is 0 Å². The number of nitrogens with zero attached hydrogens (tertiary/aromatic N) is 2. The van der Waals surface area contributed by atoms with Gasteiger partial charge in [0.15, 0.2) is 0 Å². The normalized spacial score (nSPS) is 10.4. The lowest BCUT2D eigenvalue weighted by molar-refractivity contribution is 0.0948. The molecule has 2 N–H and O–H groups in total. The first-order valence-corrected chi connectivity index (χ1v) is 8.65. The number of nitrogens with one attached hydrogen (secondary N) is 2. The van der Waals surface area contributed by atoms with E-state index in [1.165, 1.54) is 0 Å². The third kappa shape index (κ3) is 5.60. The zero-order chi connectivity index (χ0) is 18.2. The van der Waals surface area contributed by atoms with Crippen LogP contribution in [0.1, 0.15) is 42.4 Å². The Morgan fingerprint density at radius 3 is 2.76 bits per heavy atom. The van der Waals surface area contributed by atoms with E-state index >= 15 is 0 Å². The molecule has 1 amide bonds. The maximum Gasteiger partial charge on any atom is 0.270 e. The molecule has 25 heavy (non-hydrogen) atoms. The number of benzene rings is 1. The number of unbranched alkanes of at least 4 members (excludes halogenated alkanes) is 2. The topological polar surface area (TPSA) is 76.1 Å². The fourth-order valence-corrected chi connectivity index (χ4v) is 2.48. The highest BCUT2D eigenvalue weighted by Gasteiger charge is 2.12. The number of halogens is 1. The highest BCUT2D eigenvalue weighted by molar-refractivity contribution is 6.31. The number of aromatic nitrogens is 2. The van der Waals surface area contributed by atoms with Crippen LogP contribution < -0.4 is 15.4 Å². The van der Waals surface area contributed by atoms with E-state index in [1.54, 1.807) is 31.4 Å². The molecular weight excluding hydrogens is 340 g/mol. The second kappa shape index (κ2) is 9.22. The Balaban J connectivity index is 2.16. The average Bonchev–Trinajstić information content (AvgIpc) is 2.58. The van der Waals surface area contributed by atoms with E-state index in [4.69, 9.17) is 16.3 Å². The molecule has 7 heteroatoms. The molecule has 0 spiro atoms. The van der Waals surface area contributed by atoms with Crippen molar-refractivity contribution in [3.8, 4) is 5.75 Å². The number of hydrogen-bond donors (Lipinski definition) is 2. The van der Waals surface area contributed by atoms with Gasteiger partial charge < -0.3 is 15.4 Å². The molecule has 0 saturated carbocycles. The van der Waals surface area contributed by atoms with Gasteiger partial charge in [0.25, 0.3) is 5.91 Å². The van der Waals surface area contributed by atoms with Gasteiger partial charge in [-0.15, -0.1) is 0 Å². The Hall–Kier alpha value is -2.34. The molecule has 0 radical (unpaired) electrons. The Bertz CT molecular complexity index is 737. The first-order valence-electron chi connectivity index (χ1n) is 8.28. The predicted molar refractivity (Wildman–Crippen MR) is 99.9 cm³/mol. The van der Waals surface area contributed by atoms with Gasteiger partial charge in [-0.3, -0.25) is 4.79 Å². The second-order valence-corrected chi connectivity index (χ2v) is 6.09. The summed E-state index contributed by atoms with van der Waals surface area (Å²) in [6, 6.07) is 6.87. The number of rotatable bonds is 8. The molecule has 0 bridgehead atoms. The van der Waals surface area contributed by atoms with Gasteiger partial charge in [-0.25, -0.2) is 9.97 Å². The van der Waals surface area contributed by atoms with Crippen LogP contribution in [0.2, 0.25) is 5.02 Å². The molecule has 2 aromatic rings. The predicted octanol–water partition coefficient (Wildman–Crippen LogP) is 4.11. The summed E-state index contributed by atoms with van der Waals surface area (Å²) in [6.07, 6.45) is 3.15. The number of ether oxygens (including phenoxy) is 1. The molecule has 1 aromatic carbocycles. The van der Waals surface area contributed by atoms with Gasteiger partial charge in [0, 0.05) is 17.3 Å². The molecule has 6 nitrogen and oxygen atoms in total. The van der Waals surface area contributed by atoms with Crippen LogP contribution in [0.4, 0.5) is 11.6 Å². The molecule has 1 aromatic heterocycles. The highest BCUT2D eigenvalue weighted by atomic mass is 35.5. The van der Waals surface area contributed by atoms with Crippen molar-refractivity contribution in [1.29, 1.82) is 0 Å². The van der Waals surface area contributed by atoms with Crippen molar-refractivity contribution in [2.75, 3.05) is 19.0 Å². The van der Waals surface area contributed by atoms with Gasteiger partial charge in [-0.2, -0.15) is 0 Å². The number of methoxy groups -OCH3 is 1. The molecule has 0 unspecified atom stereocenters. The van der Waals surface area contributed by atoms with Crippen molar-refractivity contribution in [1.82, 2.24) is 15.3 Å². The number of carbonyl (C=O) groups excluding carboxylic acids is 1. The Labute approximate surface area is 153 Å². The van der Waals surface area contributed by atoms with Crippen LogP contribution in [0.5, 0.6) is 5.75 Å². The molecule has 134 valence electrons. The first kappa shape index (κ1) is 19.0. The monoisotopic (exact) mass is 362 g/mol. The van der Waals surface area contributed by atoms with Crippen LogP contribution >= 0.6 is 11.6 Å². The third-order valence-corrected chi connectivity index (χ3v) is 3.80. The van der Waals surface area contributed by atoms with Crippen LogP contribution in [-0.2, 0) is 0 Å². The van der Waals surface area contributed by atoms with Gasteiger partial charge in [0.05, 0.1) is 12.8 Å². The summed E-state index contributed by atoms with van der Waals surface area (Å²) in [5.41, 5.74) is 1.65. The number of carbonyl (C=O) groups is 1. The number of hydrogen-bond acceptors (Lipinski definition) is 5. The van der Waals surface area contributed by atoms with Crippen LogP contribution in [0.15, 0.2) is 24.3 Å². The SMILES string of the molecule is CCCCCNC(=O)c1cc(C)nc(Nc2cc(Cl)ccc2OC)n1. The number of aryl methyl sites for hydroxylation is 1. The molecule has 2 rings (SSSR count). The fraction of sp³-hybridized carbons (Fsp3) is 0.389. The zero-order valence-electron chi connectivity index (χ0n) is 14.7. The van der Waals surface area contributed by atoms with Crippen LogP contribution in [-0.4, -0.2) is 29.5 Å². The lowest BCUT2D eigenvalue weighted by Crippen LogP contribution is -2.26. The van der Waals surface area contributed by atoms with Crippen molar-refractivity contribution >= 4 is 29.1 Å². The quantitative estimate of drug-likeness (QED) is 0.691. The summed E-state index contributed by atoms with van der Waals surface area (Å²) in [5.74, 6) is 0.724. The maximum atomic E-state index is 12.3. The van der Waals surface area contributed by atoms with Crippen molar-refractivity contribution < 1.29 is 9.53 Å². The van der Waals surface area contributed by atoms with E-state index in [0.717, 1.165) is 19.3 Å². The molecule has 0 fully saturated rings. The molecule has 0 atom stereocenters. The minimum absolute atomic E-state index is 0.206. The summed E-state index contributed by atoms with van der Waals surface area (Å²) in [7, 11) is 1.57. The van der Waals surface area contributed by atoms with E-state index in [9.17, 15) is 4.79 Å². The maximum absolute atomic E-state index is 12.3. The highest BCUT2D eigenvalue weighted by Crippen LogP contribution is 2.29. The standard InChI is InChI=1S/C18H23ClN4O2/c1-4-5-6-9-20-17(24)15-10-12(2)21-18(23-15)22-14-11-13(19)7-8-16(14)25-3/h7-8,10-11H,4-6,9H2,1-3H3,(H,20,24)(H,21,22,23). The molecule has 0 aliphatic carbocycles. The molecule has 0 aliphatic heterocycles. The van der Waals surface area contributed by atoms with Crippen molar-refractivity contribution in [2.45, 2.75) is 33.1 Å². The number of amides is 1. The zero-order valence-corrected chi connectivity index (χ0v) is 15.5. The van der Waals surface area contributed by atoms with E-state index in [0.29, 0.717) is 40.3 Å². The van der Waals surface area contributed by atoms with Crippen LogP contribution in [0, 0.1) is 6.92 Å². The van der Waals surface area contributed by atoms with E-state index in [-0.39, 0.29) is 5.91 Å². The lowest BCUT2D eigenvalue weighted by atomic mass is 10.2. The molecule has 0 aliphatic rings. The summed E-state index contributed by atoms with van der Waals surface area (Å²) in [5, 5.41) is 6.51. The first-order chi connectivity index (χ1) is 12.0. The van der Waals surface area contributed by atoms with Gasteiger partial charge in [-0.05, 0) is 37.6 Å². The molecular formula is C18H23ClN4O2. The largest absolute Gasteiger partial charge is 0.495 e. The summed E-state index contributed by atoms with van der Waals surface area (Å²) < 4.78 is 5.30. The van der Waals surface area contributed by atoms with Gasteiger partial charge >= 0.3 is 0 Å². The van der Waals surface area contributed by atoms with Crippen molar-refractivity contribution in [3.05, 3.63) is 40.7 Å². The van der Waals surface area contributed by atoms with Gasteiger partial charge in [0.2, 0.25) is 5.95 Å². The summed E-state index contributed by atoms with van der Waals surface area (Å²) >= 11 is 6.04.